The maximum atomic E-state index is 11.8. The number of nitrogens with two attached hydrogens (primary N) is 1. The van der Waals surface area contributed by atoms with Gasteiger partial charge >= 0.3 is 0 Å². The van der Waals surface area contributed by atoms with E-state index in [1.165, 1.54) is 17.6 Å². The fourth-order valence-electron chi connectivity index (χ4n) is 5.90. The number of hydrogen-bond acceptors (Lipinski definition) is 6. The van der Waals surface area contributed by atoms with Crippen LogP contribution in [0.4, 0.5) is 11.5 Å². The smallest absolute Gasteiger partial charge is 0.153 e. The van der Waals surface area contributed by atoms with Crippen molar-refractivity contribution < 1.29 is 9.53 Å². The minimum absolute atomic E-state index is 0.298. The van der Waals surface area contributed by atoms with Crippen molar-refractivity contribution in [2.24, 2.45) is 5.41 Å². The van der Waals surface area contributed by atoms with Gasteiger partial charge in [0.1, 0.15) is 17.3 Å². The molecule has 1 fully saturated rings. The SMILES string of the molecule is C=Cc1cc(Oc2cc(N3CCN(CC4=C(c5ccc(Cl)cc5)CC(C)(C)CC4)[C@H](C)C3)ccc2C=O)cnc1N. The number of carbonyl (C=O) groups is 1. The molecule has 1 aromatic heterocycles. The second-order valence-corrected chi connectivity index (χ2v) is 12.4. The second-order valence-electron chi connectivity index (χ2n) is 12.0. The van der Waals surface area contributed by atoms with Crippen molar-refractivity contribution in [3.63, 3.8) is 0 Å². The van der Waals surface area contributed by atoms with Crippen LogP contribution in [0.1, 0.15) is 61.5 Å². The maximum Gasteiger partial charge on any atom is 0.153 e. The van der Waals surface area contributed by atoms with Gasteiger partial charge in [-0.2, -0.15) is 0 Å². The van der Waals surface area contributed by atoms with Gasteiger partial charge in [-0.3, -0.25) is 9.69 Å². The maximum absolute atomic E-state index is 11.8. The first-order chi connectivity index (χ1) is 19.7. The molecule has 0 bridgehead atoms. The van der Waals surface area contributed by atoms with Crippen LogP contribution in [0.2, 0.25) is 5.02 Å². The van der Waals surface area contributed by atoms with Gasteiger partial charge < -0.3 is 15.4 Å². The zero-order chi connectivity index (χ0) is 29.1. The van der Waals surface area contributed by atoms with E-state index in [9.17, 15) is 4.79 Å². The molecule has 3 aromatic rings. The number of rotatable bonds is 8. The van der Waals surface area contributed by atoms with Gasteiger partial charge in [-0.1, -0.05) is 55.8 Å². The summed E-state index contributed by atoms with van der Waals surface area (Å²) < 4.78 is 6.11. The molecule has 7 heteroatoms. The molecule has 0 unspecified atom stereocenters. The van der Waals surface area contributed by atoms with E-state index in [0.717, 1.165) is 56.0 Å². The van der Waals surface area contributed by atoms with Crippen LogP contribution in [0.3, 0.4) is 0 Å². The van der Waals surface area contributed by atoms with Crippen LogP contribution < -0.4 is 15.4 Å². The largest absolute Gasteiger partial charge is 0.455 e. The van der Waals surface area contributed by atoms with Crippen LogP contribution in [0, 0.1) is 5.41 Å². The monoisotopic (exact) mass is 570 g/mol. The van der Waals surface area contributed by atoms with E-state index in [-0.39, 0.29) is 0 Å². The Morgan fingerprint density at radius 1 is 1.15 bits per heavy atom. The molecule has 214 valence electrons. The Hall–Kier alpha value is -3.61. The first-order valence-corrected chi connectivity index (χ1v) is 14.6. The molecule has 2 N–H and O–H groups in total. The van der Waals surface area contributed by atoms with Crippen LogP contribution in [-0.2, 0) is 0 Å². The predicted molar refractivity (Wildman–Crippen MR) is 170 cm³/mol. The highest BCUT2D eigenvalue weighted by Gasteiger charge is 2.31. The minimum Gasteiger partial charge on any atom is -0.455 e. The van der Waals surface area contributed by atoms with Crippen molar-refractivity contribution in [1.82, 2.24) is 9.88 Å². The average molecular weight is 571 g/mol. The molecule has 6 nitrogen and oxygen atoms in total. The van der Waals surface area contributed by atoms with Crippen molar-refractivity contribution in [3.8, 4) is 11.5 Å². The van der Waals surface area contributed by atoms with Gasteiger partial charge in [-0.25, -0.2) is 4.98 Å². The van der Waals surface area contributed by atoms with Crippen LogP contribution in [0.25, 0.3) is 11.6 Å². The van der Waals surface area contributed by atoms with Gasteiger partial charge in [0.25, 0.3) is 0 Å². The summed E-state index contributed by atoms with van der Waals surface area (Å²) in [6, 6.07) is 16.2. The Labute approximate surface area is 248 Å². The highest BCUT2D eigenvalue weighted by Crippen LogP contribution is 2.43. The van der Waals surface area contributed by atoms with Crippen LogP contribution in [0.15, 0.2) is 66.9 Å². The zero-order valence-corrected chi connectivity index (χ0v) is 25.0. The lowest BCUT2D eigenvalue weighted by Crippen LogP contribution is -2.52. The summed E-state index contributed by atoms with van der Waals surface area (Å²) in [6.45, 7) is 14.5. The van der Waals surface area contributed by atoms with Gasteiger partial charge in [-0.15, -0.1) is 0 Å². The lowest BCUT2D eigenvalue weighted by atomic mass is 9.72. The summed E-state index contributed by atoms with van der Waals surface area (Å²) in [4.78, 5) is 21.0. The van der Waals surface area contributed by atoms with Crippen LogP contribution in [0.5, 0.6) is 11.5 Å². The first-order valence-electron chi connectivity index (χ1n) is 14.3. The topological polar surface area (TPSA) is 71.7 Å². The fourth-order valence-corrected chi connectivity index (χ4v) is 6.02. The van der Waals surface area contributed by atoms with Crippen molar-refractivity contribution >= 4 is 41.0 Å². The summed E-state index contributed by atoms with van der Waals surface area (Å²) in [5, 5.41) is 0.775. The highest BCUT2D eigenvalue weighted by molar-refractivity contribution is 6.30. The van der Waals surface area contributed by atoms with Crippen molar-refractivity contribution in [2.75, 3.05) is 36.8 Å². The number of aromatic nitrogens is 1. The number of halogens is 1. The molecular formula is C34H39ClN4O2. The molecule has 2 aliphatic rings. The molecule has 0 radical (unpaired) electrons. The zero-order valence-electron chi connectivity index (χ0n) is 24.2. The lowest BCUT2D eigenvalue weighted by molar-refractivity contribution is 0.112. The molecule has 41 heavy (non-hydrogen) atoms. The summed E-state index contributed by atoms with van der Waals surface area (Å²) in [7, 11) is 0. The number of aldehydes is 1. The van der Waals surface area contributed by atoms with Crippen molar-refractivity contribution in [2.45, 2.75) is 46.1 Å². The summed E-state index contributed by atoms with van der Waals surface area (Å²) in [5.41, 5.74) is 12.7. The Morgan fingerprint density at radius 2 is 1.93 bits per heavy atom. The van der Waals surface area contributed by atoms with Crippen molar-refractivity contribution in [1.29, 1.82) is 0 Å². The number of benzene rings is 2. The molecule has 1 atom stereocenters. The molecule has 1 aliphatic carbocycles. The third-order valence-corrected chi connectivity index (χ3v) is 8.65. The molecule has 0 saturated carbocycles. The molecule has 2 aromatic carbocycles. The third kappa shape index (κ3) is 6.66. The average Bonchev–Trinajstić information content (AvgIpc) is 2.96. The number of nitrogens with zero attached hydrogens (tertiary/aromatic N) is 3. The fraction of sp³-hybridized carbons (Fsp3) is 0.353. The van der Waals surface area contributed by atoms with E-state index in [2.05, 4.69) is 54.3 Å². The molecule has 1 saturated heterocycles. The highest BCUT2D eigenvalue weighted by atomic mass is 35.5. The summed E-state index contributed by atoms with van der Waals surface area (Å²) in [6.07, 6.45) is 7.43. The minimum atomic E-state index is 0.298. The van der Waals surface area contributed by atoms with Gasteiger partial charge in [0.05, 0.1) is 11.8 Å². The third-order valence-electron chi connectivity index (χ3n) is 8.40. The molecular weight excluding hydrogens is 532 g/mol. The van der Waals surface area contributed by atoms with Gasteiger partial charge in [0.15, 0.2) is 6.29 Å². The Morgan fingerprint density at radius 3 is 2.63 bits per heavy atom. The summed E-state index contributed by atoms with van der Waals surface area (Å²) >= 11 is 6.20. The number of ether oxygens (including phenoxy) is 1. The lowest BCUT2D eigenvalue weighted by Gasteiger charge is -2.43. The number of anilines is 2. The van der Waals surface area contributed by atoms with E-state index in [4.69, 9.17) is 22.1 Å². The summed E-state index contributed by atoms with van der Waals surface area (Å²) in [5.74, 6) is 1.39. The number of piperazine rings is 1. The Kier molecular flexibility index (Phi) is 8.52. The normalized spacial score (nSPS) is 19.2. The van der Waals surface area contributed by atoms with E-state index < -0.39 is 0 Å². The van der Waals surface area contributed by atoms with Crippen molar-refractivity contribution in [3.05, 3.63) is 88.6 Å². The number of nitrogen functional groups attached to an aromatic ring is 1. The van der Waals surface area contributed by atoms with Gasteiger partial charge in [0, 0.05) is 54.6 Å². The van der Waals surface area contributed by atoms with Crippen LogP contribution >= 0.6 is 11.6 Å². The molecule has 2 heterocycles. The standard InChI is InChI=1S/C34H39ClN4O2/c1-5-24-16-30(19-37-33(24)36)41-32-17-29(11-8-27(32)22-40)39-15-14-38(23(2)20-39)21-26-12-13-34(3,4)18-31(26)25-6-9-28(35)10-7-25/h5-11,16-17,19,22-23H,1,12-15,18,20-21H2,2-4H3,(H2,36,37)/t23-/m1/s1. The number of carbonyl (C=O) groups excluding carboxylic acids is 1. The van der Waals surface area contributed by atoms with E-state index >= 15 is 0 Å². The molecule has 1 aliphatic heterocycles. The molecule has 0 amide bonds. The van der Waals surface area contributed by atoms with Crippen LogP contribution in [-0.4, -0.2) is 48.4 Å². The number of pyridine rings is 1. The second kappa shape index (κ2) is 12.1. The predicted octanol–water partition coefficient (Wildman–Crippen LogP) is 7.74. The van der Waals surface area contributed by atoms with E-state index in [1.54, 1.807) is 23.9 Å². The van der Waals surface area contributed by atoms with Gasteiger partial charge in [-0.05, 0) is 73.1 Å². The Balaban J connectivity index is 1.32. The number of allylic oxidation sites excluding steroid dienone is 1. The number of hydrogen-bond donors (Lipinski definition) is 1. The van der Waals surface area contributed by atoms with Gasteiger partial charge in [0.2, 0.25) is 0 Å². The Bertz CT molecular complexity index is 1460. The van der Waals surface area contributed by atoms with E-state index in [0.29, 0.717) is 39.9 Å². The first kappa shape index (κ1) is 28.9. The van der Waals surface area contributed by atoms with E-state index in [1.807, 2.05) is 30.3 Å². The quantitative estimate of drug-likeness (QED) is 0.279. The molecule has 5 rings (SSSR count). The molecule has 0 spiro atoms.